The smallest absolute Gasteiger partial charge is 0.124 e. The first-order valence-electron chi connectivity index (χ1n) is 17.4. The summed E-state index contributed by atoms with van der Waals surface area (Å²) in [4.78, 5) is 3.99. The Morgan fingerprint density at radius 3 is 0.846 bits per heavy atom. The van der Waals surface area contributed by atoms with Gasteiger partial charge in [0, 0.05) is 72.9 Å². The van der Waals surface area contributed by atoms with Crippen molar-refractivity contribution < 1.29 is 30.6 Å². The molecule has 6 aromatic rings. The molecule has 0 aromatic heterocycles. The molecule has 1 aliphatic rings. The SMILES string of the molecule is [O-]C1C(c2c(O)cc(N(Cc3ccccc3)Cc3ccccc3)cc2O)C([O-])C1c1c(O)cc(N(Cc2ccccc2)Cc2ccccc2)cc1O. The molecule has 52 heavy (non-hydrogen) atoms. The van der Waals surface area contributed by atoms with E-state index in [2.05, 4.69) is 0 Å². The Morgan fingerprint density at radius 1 is 0.385 bits per heavy atom. The van der Waals surface area contributed by atoms with E-state index in [9.17, 15) is 30.6 Å². The minimum Gasteiger partial charge on any atom is -0.851 e. The van der Waals surface area contributed by atoms with Crippen LogP contribution in [0.25, 0.3) is 0 Å². The molecule has 0 amide bonds. The maximum Gasteiger partial charge on any atom is 0.124 e. The largest absolute Gasteiger partial charge is 0.851 e. The first-order chi connectivity index (χ1) is 25.3. The summed E-state index contributed by atoms with van der Waals surface area (Å²) in [6, 6.07) is 45.1. The normalized spacial score (nSPS) is 18.0. The van der Waals surface area contributed by atoms with Gasteiger partial charge in [-0.1, -0.05) is 121 Å². The van der Waals surface area contributed by atoms with Crippen LogP contribution in [0.1, 0.15) is 45.2 Å². The van der Waals surface area contributed by atoms with E-state index in [-0.39, 0.29) is 34.1 Å². The molecule has 1 fully saturated rings. The fourth-order valence-corrected chi connectivity index (χ4v) is 7.29. The molecular formula is C44H40N2O6-2. The highest BCUT2D eigenvalue weighted by Gasteiger charge is 2.43. The summed E-state index contributed by atoms with van der Waals surface area (Å²) in [6.07, 6.45) is -3.27. The minimum absolute atomic E-state index is 0.119. The Morgan fingerprint density at radius 2 is 0.615 bits per heavy atom. The van der Waals surface area contributed by atoms with Crippen LogP contribution in [-0.4, -0.2) is 32.6 Å². The van der Waals surface area contributed by atoms with Crippen LogP contribution >= 0.6 is 0 Å². The van der Waals surface area contributed by atoms with Gasteiger partial charge >= 0.3 is 0 Å². The van der Waals surface area contributed by atoms with Gasteiger partial charge in [-0.2, -0.15) is 0 Å². The number of hydrogen-bond acceptors (Lipinski definition) is 8. The van der Waals surface area contributed by atoms with Crippen molar-refractivity contribution in [2.75, 3.05) is 9.80 Å². The first kappa shape index (κ1) is 34.5. The summed E-state index contributed by atoms with van der Waals surface area (Å²) in [5.74, 6) is -4.00. The third-order valence-electron chi connectivity index (χ3n) is 9.92. The van der Waals surface area contributed by atoms with Crippen molar-refractivity contribution >= 4 is 11.4 Å². The van der Waals surface area contributed by atoms with Crippen LogP contribution in [0.2, 0.25) is 0 Å². The summed E-state index contributed by atoms with van der Waals surface area (Å²) in [5.41, 5.74) is 4.90. The Hall–Kier alpha value is -5.96. The number of nitrogens with zero attached hydrogens (tertiary/aromatic N) is 2. The van der Waals surface area contributed by atoms with Gasteiger partial charge in [0.1, 0.15) is 23.0 Å². The van der Waals surface area contributed by atoms with Crippen LogP contribution in [0.4, 0.5) is 11.4 Å². The van der Waals surface area contributed by atoms with Gasteiger partial charge in [-0.15, -0.1) is 12.2 Å². The number of aromatic hydroxyl groups is 4. The average Bonchev–Trinajstić information content (AvgIpc) is 3.15. The van der Waals surface area contributed by atoms with E-state index >= 15 is 0 Å². The van der Waals surface area contributed by atoms with E-state index in [1.165, 1.54) is 24.3 Å². The third-order valence-corrected chi connectivity index (χ3v) is 9.92. The summed E-state index contributed by atoms with van der Waals surface area (Å²) < 4.78 is 0. The van der Waals surface area contributed by atoms with Crippen LogP contribution in [-0.2, 0) is 26.2 Å². The predicted octanol–water partition coefficient (Wildman–Crippen LogP) is 6.26. The van der Waals surface area contributed by atoms with E-state index in [1.54, 1.807) is 0 Å². The van der Waals surface area contributed by atoms with Gasteiger partial charge in [0.05, 0.1) is 0 Å². The molecule has 0 heterocycles. The van der Waals surface area contributed by atoms with Gasteiger partial charge in [-0.05, 0) is 34.1 Å². The van der Waals surface area contributed by atoms with Gasteiger partial charge in [-0.25, -0.2) is 0 Å². The molecule has 1 aliphatic carbocycles. The van der Waals surface area contributed by atoms with E-state index < -0.39 is 24.0 Å². The van der Waals surface area contributed by atoms with E-state index in [1.807, 2.05) is 131 Å². The molecule has 4 N–H and O–H groups in total. The standard InChI is InChI=1S/C44H40N2O6/c47-35-21-33(45(25-29-13-5-1-6-14-29)26-30-15-7-2-8-16-30)22-36(48)39(35)41-43(51)42(44(41)52)40-37(49)23-34(24-38(40)50)46(27-31-17-9-3-10-18-31)28-32-19-11-4-12-20-32/h1-24,41-44,47-50H,25-28H2/q-2. The summed E-state index contributed by atoms with van der Waals surface area (Å²) in [6.45, 7) is 1.93. The first-order valence-corrected chi connectivity index (χ1v) is 17.4. The number of hydrogen-bond donors (Lipinski definition) is 4. The number of phenolic OH excluding ortho intramolecular Hbond substituents is 4. The zero-order valence-corrected chi connectivity index (χ0v) is 28.5. The van der Waals surface area contributed by atoms with Crippen molar-refractivity contribution in [1.82, 2.24) is 0 Å². The lowest BCUT2D eigenvalue weighted by Gasteiger charge is -2.61. The fraction of sp³-hybridized carbons (Fsp3) is 0.182. The molecule has 0 aliphatic heterocycles. The molecule has 0 bridgehead atoms. The van der Waals surface area contributed by atoms with Crippen molar-refractivity contribution in [3.8, 4) is 23.0 Å². The predicted molar refractivity (Wildman–Crippen MR) is 198 cm³/mol. The van der Waals surface area contributed by atoms with Gasteiger partial charge < -0.3 is 40.4 Å². The zero-order valence-electron chi connectivity index (χ0n) is 28.5. The Labute approximate surface area is 303 Å². The molecule has 264 valence electrons. The Bertz CT molecular complexity index is 1810. The number of rotatable bonds is 12. The van der Waals surface area contributed by atoms with Crippen LogP contribution in [0.5, 0.6) is 23.0 Å². The Balaban J connectivity index is 1.15. The number of benzene rings is 6. The topological polar surface area (TPSA) is 134 Å². The molecule has 0 spiro atoms. The maximum absolute atomic E-state index is 13.8. The minimum atomic E-state index is -1.64. The summed E-state index contributed by atoms with van der Waals surface area (Å²) >= 11 is 0. The van der Waals surface area contributed by atoms with Gasteiger partial charge in [0.2, 0.25) is 0 Å². The average molecular weight is 693 g/mol. The molecule has 8 heteroatoms. The van der Waals surface area contributed by atoms with E-state index in [4.69, 9.17) is 0 Å². The van der Waals surface area contributed by atoms with Crippen LogP contribution < -0.4 is 20.0 Å². The second kappa shape index (κ2) is 15.1. The summed E-state index contributed by atoms with van der Waals surface area (Å²) in [7, 11) is 0. The van der Waals surface area contributed by atoms with Gasteiger partial charge in [0.15, 0.2) is 0 Å². The molecule has 0 unspecified atom stereocenters. The lowest BCUT2D eigenvalue weighted by atomic mass is 9.62. The number of phenols is 4. The van der Waals surface area contributed by atoms with Crippen LogP contribution in [0.3, 0.4) is 0 Å². The Kier molecular flexibility index (Phi) is 10.0. The summed E-state index contributed by atoms with van der Waals surface area (Å²) in [5, 5.41) is 72.6. The van der Waals surface area contributed by atoms with E-state index in [0.717, 1.165) is 22.3 Å². The molecule has 6 aromatic carbocycles. The second-order valence-corrected chi connectivity index (χ2v) is 13.4. The number of anilines is 2. The van der Waals surface area contributed by atoms with Gasteiger partial charge in [0.25, 0.3) is 0 Å². The van der Waals surface area contributed by atoms with Gasteiger partial charge in [-0.3, -0.25) is 0 Å². The highest BCUT2D eigenvalue weighted by molar-refractivity contribution is 5.65. The molecule has 1 saturated carbocycles. The van der Waals surface area contributed by atoms with Crippen molar-refractivity contribution in [3.05, 3.63) is 179 Å². The van der Waals surface area contributed by atoms with E-state index in [0.29, 0.717) is 37.6 Å². The van der Waals surface area contributed by atoms with Crippen LogP contribution in [0.15, 0.2) is 146 Å². The molecule has 8 nitrogen and oxygen atoms in total. The second-order valence-electron chi connectivity index (χ2n) is 13.4. The quantitative estimate of drug-likeness (QED) is 0.118. The van der Waals surface area contributed by atoms with Crippen molar-refractivity contribution in [1.29, 1.82) is 0 Å². The highest BCUT2D eigenvalue weighted by Crippen LogP contribution is 2.55. The highest BCUT2D eigenvalue weighted by atomic mass is 16.3. The molecular weight excluding hydrogens is 652 g/mol. The zero-order chi connectivity index (χ0) is 36.2. The maximum atomic E-state index is 13.8. The van der Waals surface area contributed by atoms with Crippen molar-refractivity contribution in [2.24, 2.45) is 0 Å². The monoisotopic (exact) mass is 692 g/mol. The van der Waals surface area contributed by atoms with Crippen molar-refractivity contribution in [3.63, 3.8) is 0 Å². The van der Waals surface area contributed by atoms with Crippen molar-refractivity contribution in [2.45, 2.75) is 50.2 Å². The molecule has 7 rings (SSSR count). The molecule has 0 radical (unpaired) electrons. The lowest BCUT2D eigenvalue weighted by Crippen LogP contribution is -2.63. The lowest BCUT2D eigenvalue weighted by molar-refractivity contribution is -0.536. The fourth-order valence-electron chi connectivity index (χ4n) is 7.29. The van der Waals surface area contributed by atoms with Crippen LogP contribution in [0, 0.1) is 0 Å². The molecule has 0 atom stereocenters. The molecule has 0 saturated heterocycles. The third kappa shape index (κ3) is 7.26.